The van der Waals surface area contributed by atoms with Gasteiger partial charge in [-0.1, -0.05) is 35.9 Å². The van der Waals surface area contributed by atoms with E-state index in [2.05, 4.69) is 11.4 Å². The molecule has 0 saturated heterocycles. The smallest absolute Gasteiger partial charge is 0.341 e. The third-order valence-electron chi connectivity index (χ3n) is 4.24. The Morgan fingerprint density at radius 1 is 1.24 bits per heavy atom. The summed E-state index contributed by atoms with van der Waals surface area (Å²) in [5, 5.41) is 11.8. The molecule has 0 aromatic heterocycles. The van der Waals surface area contributed by atoms with Gasteiger partial charge in [-0.2, -0.15) is 0 Å². The molecule has 25 heavy (non-hydrogen) atoms. The van der Waals surface area contributed by atoms with Gasteiger partial charge in [0.1, 0.15) is 5.75 Å². The largest absolute Gasteiger partial charge is 0.480 e. The maximum absolute atomic E-state index is 12.7. The van der Waals surface area contributed by atoms with E-state index in [9.17, 15) is 9.59 Å². The molecule has 0 spiro atoms. The Morgan fingerprint density at radius 2 is 2.04 bits per heavy atom. The van der Waals surface area contributed by atoms with Crippen molar-refractivity contribution in [2.75, 3.05) is 11.9 Å². The fraction of sp³-hybridized carbons (Fsp3) is 0.263. The van der Waals surface area contributed by atoms with Crippen LogP contribution in [0.25, 0.3) is 0 Å². The molecule has 0 saturated carbocycles. The van der Waals surface area contributed by atoms with Crippen LogP contribution in [0.5, 0.6) is 5.75 Å². The molecule has 1 unspecified atom stereocenters. The zero-order valence-corrected chi connectivity index (χ0v) is 14.3. The van der Waals surface area contributed by atoms with E-state index >= 15 is 0 Å². The van der Waals surface area contributed by atoms with Gasteiger partial charge in [0, 0.05) is 5.69 Å². The Kier molecular flexibility index (Phi) is 5.24. The summed E-state index contributed by atoms with van der Waals surface area (Å²) in [6, 6.07) is 12.8. The normalized spacial score (nSPS) is 16.0. The molecule has 5 nitrogen and oxygen atoms in total. The van der Waals surface area contributed by atoms with Gasteiger partial charge in [-0.05, 0) is 48.6 Å². The van der Waals surface area contributed by atoms with Gasteiger partial charge in [-0.15, -0.1) is 0 Å². The van der Waals surface area contributed by atoms with Gasteiger partial charge in [0.25, 0.3) is 0 Å². The first-order valence-corrected chi connectivity index (χ1v) is 8.45. The van der Waals surface area contributed by atoms with Gasteiger partial charge >= 0.3 is 5.97 Å². The number of benzene rings is 2. The molecule has 1 atom stereocenters. The standard InChI is InChI=1S/C19H18ClNO4/c20-16-10-13(8-9-17(16)25-11-18(22)23)21-19(24)15-7-3-5-12-4-1-2-6-14(12)15/h1-2,4,6,8-10,15H,3,5,7,11H2,(H,21,24)(H,22,23). The summed E-state index contributed by atoms with van der Waals surface area (Å²) in [6.45, 7) is -0.468. The topological polar surface area (TPSA) is 75.6 Å². The summed E-state index contributed by atoms with van der Waals surface area (Å²) in [7, 11) is 0. The highest BCUT2D eigenvalue weighted by atomic mass is 35.5. The highest BCUT2D eigenvalue weighted by molar-refractivity contribution is 6.32. The fourth-order valence-corrected chi connectivity index (χ4v) is 3.33. The van der Waals surface area contributed by atoms with Crippen LogP contribution < -0.4 is 10.1 Å². The Morgan fingerprint density at radius 3 is 2.80 bits per heavy atom. The van der Waals surface area contributed by atoms with Crippen LogP contribution in [-0.4, -0.2) is 23.6 Å². The van der Waals surface area contributed by atoms with Gasteiger partial charge in [0.05, 0.1) is 10.9 Å². The molecule has 2 aromatic rings. The van der Waals surface area contributed by atoms with Crippen molar-refractivity contribution in [3.8, 4) is 5.75 Å². The van der Waals surface area contributed by atoms with E-state index < -0.39 is 12.6 Å². The quantitative estimate of drug-likeness (QED) is 0.849. The highest BCUT2D eigenvalue weighted by Crippen LogP contribution is 2.33. The average Bonchev–Trinajstić information content (AvgIpc) is 2.60. The van der Waals surface area contributed by atoms with Gasteiger partial charge in [0.15, 0.2) is 6.61 Å². The van der Waals surface area contributed by atoms with Crippen molar-refractivity contribution >= 4 is 29.2 Å². The number of ether oxygens (including phenoxy) is 1. The number of carboxylic acid groups (broad SMARTS) is 1. The van der Waals surface area contributed by atoms with Crippen LogP contribution in [0.15, 0.2) is 42.5 Å². The third-order valence-corrected chi connectivity index (χ3v) is 4.53. The highest BCUT2D eigenvalue weighted by Gasteiger charge is 2.26. The molecule has 1 aliphatic rings. The lowest BCUT2D eigenvalue weighted by molar-refractivity contribution is -0.139. The molecule has 0 bridgehead atoms. The summed E-state index contributed by atoms with van der Waals surface area (Å²) >= 11 is 6.09. The maximum atomic E-state index is 12.7. The molecule has 6 heteroatoms. The first kappa shape index (κ1) is 17.3. The van der Waals surface area contributed by atoms with E-state index in [1.807, 2.05) is 18.2 Å². The molecule has 2 N–H and O–H groups in total. The number of amides is 1. The Hall–Kier alpha value is -2.53. The van der Waals surface area contributed by atoms with Gasteiger partial charge < -0.3 is 15.2 Å². The van der Waals surface area contributed by atoms with E-state index in [1.165, 1.54) is 5.56 Å². The predicted molar refractivity (Wildman–Crippen MR) is 95.3 cm³/mol. The lowest BCUT2D eigenvalue weighted by atomic mass is 9.82. The minimum absolute atomic E-state index is 0.0672. The summed E-state index contributed by atoms with van der Waals surface area (Å²) < 4.78 is 5.08. The second-order valence-electron chi connectivity index (χ2n) is 5.96. The van der Waals surface area contributed by atoms with Gasteiger partial charge in [-0.25, -0.2) is 4.79 Å². The van der Waals surface area contributed by atoms with Crippen LogP contribution >= 0.6 is 11.6 Å². The molecule has 0 heterocycles. The molecule has 130 valence electrons. The number of aliphatic carboxylic acids is 1. The van der Waals surface area contributed by atoms with Crippen LogP contribution in [-0.2, 0) is 16.0 Å². The molecular weight excluding hydrogens is 342 g/mol. The zero-order chi connectivity index (χ0) is 17.8. The Bertz CT molecular complexity index is 806. The lowest BCUT2D eigenvalue weighted by Crippen LogP contribution is -2.24. The van der Waals surface area contributed by atoms with Crippen LogP contribution in [0, 0.1) is 0 Å². The van der Waals surface area contributed by atoms with E-state index in [-0.39, 0.29) is 22.6 Å². The number of carbonyl (C=O) groups excluding carboxylic acids is 1. The third kappa shape index (κ3) is 4.12. The first-order valence-electron chi connectivity index (χ1n) is 8.07. The number of halogens is 1. The van der Waals surface area contributed by atoms with Crippen LogP contribution in [0.4, 0.5) is 5.69 Å². The number of nitrogens with one attached hydrogen (secondary N) is 1. The average molecular weight is 360 g/mol. The lowest BCUT2D eigenvalue weighted by Gasteiger charge is -2.24. The van der Waals surface area contributed by atoms with Crippen molar-refractivity contribution in [2.45, 2.75) is 25.2 Å². The van der Waals surface area contributed by atoms with Crippen molar-refractivity contribution in [2.24, 2.45) is 0 Å². The maximum Gasteiger partial charge on any atom is 0.341 e. The van der Waals surface area contributed by atoms with Crippen molar-refractivity contribution in [1.82, 2.24) is 0 Å². The number of carbonyl (C=O) groups is 2. The van der Waals surface area contributed by atoms with E-state index in [0.29, 0.717) is 5.69 Å². The monoisotopic (exact) mass is 359 g/mol. The molecular formula is C19H18ClNO4. The number of fused-ring (bicyclic) bond motifs is 1. The number of carboxylic acids is 1. The Labute approximate surface area is 150 Å². The molecule has 1 aliphatic carbocycles. The number of anilines is 1. The number of rotatable bonds is 5. The molecule has 1 amide bonds. The van der Waals surface area contributed by atoms with E-state index in [0.717, 1.165) is 24.8 Å². The van der Waals surface area contributed by atoms with Crippen molar-refractivity contribution in [1.29, 1.82) is 0 Å². The summed E-state index contributed by atoms with van der Waals surface area (Å²) in [5.41, 5.74) is 2.86. The second-order valence-corrected chi connectivity index (χ2v) is 6.37. The molecule has 0 radical (unpaired) electrons. The van der Waals surface area contributed by atoms with Crippen molar-refractivity contribution < 1.29 is 19.4 Å². The first-order chi connectivity index (χ1) is 12.0. The molecule has 0 aliphatic heterocycles. The summed E-state index contributed by atoms with van der Waals surface area (Å²) in [5.74, 6) is -1.05. The van der Waals surface area contributed by atoms with E-state index in [4.69, 9.17) is 21.4 Å². The van der Waals surface area contributed by atoms with Gasteiger partial charge in [0.2, 0.25) is 5.91 Å². The van der Waals surface area contributed by atoms with Crippen molar-refractivity contribution in [3.63, 3.8) is 0 Å². The van der Waals surface area contributed by atoms with Crippen LogP contribution in [0.3, 0.4) is 0 Å². The second kappa shape index (κ2) is 7.57. The Balaban J connectivity index is 1.71. The van der Waals surface area contributed by atoms with Gasteiger partial charge in [-0.3, -0.25) is 4.79 Å². The van der Waals surface area contributed by atoms with E-state index in [1.54, 1.807) is 18.2 Å². The summed E-state index contributed by atoms with van der Waals surface area (Å²) in [6.07, 6.45) is 2.80. The number of hydrogen-bond donors (Lipinski definition) is 2. The molecule has 2 aromatic carbocycles. The number of hydrogen-bond acceptors (Lipinski definition) is 3. The fourth-order valence-electron chi connectivity index (χ4n) is 3.09. The van der Waals surface area contributed by atoms with Crippen LogP contribution in [0.1, 0.15) is 29.9 Å². The number of aryl methyl sites for hydroxylation is 1. The SMILES string of the molecule is O=C(O)COc1ccc(NC(=O)C2CCCc3ccccc32)cc1Cl. The predicted octanol–water partition coefficient (Wildman–Crippen LogP) is 3.86. The molecule has 0 fully saturated rings. The zero-order valence-electron chi connectivity index (χ0n) is 13.5. The van der Waals surface area contributed by atoms with Crippen molar-refractivity contribution in [3.05, 3.63) is 58.6 Å². The molecule has 3 rings (SSSR count). The minimum atomic E-state index is -1.08. The minimum Gasteiger partial charge on any atom is -0.480 e. The van der Waals surface area contributed by atoms with Crippen LogP contribution in [0.2, 0.25) is 5.02 Å². The summed E-state index contributed by atoms with van der Waals surface area (Å²) in [4.78, 5) is 23.2.